The Kier molecular flexibility index (Phi) is 5.27. The van der Waals surface area contributed by atoms with E-state index in [-0.39, 0.29) is 11.3 Å². The number of pyridine rings is 1. The van der Waals surface area contributed by atoms with E-state index in [9.17, 15) is 9.59 Å². The van der Waals surface area contributed by atoms with Gasteiger partial charge in [0.05, 0.1) is 5.56 Å². The lowest BCUT2D eigenvalue weighted by Gasteiger charge is -2.20. The smallest absolute Gasteiger partial charge is 0.272 e. The van der Waals surface area contributed by atoms with Crippen molar-refractivity contribution < 1.29 is 4.79 Å². The summed E-state index contributed by atoms with van der Waals surface area (Å²) in [4.78, 5) is 30.4. The maximum absolute atomic E-state index is 13.3. The van der Waals surface area contributed by atoms with Gasteiger partial charge in [0.2, 0.25) is 0 Å². The minimum atomic E-state index is -0.218. The molecule has 128 valence electrons. The van der Waals surface area contributed by atoms with Crippen LogP contribution in [0, 0.1) is 20.8 Å². The lowest BCUT2D eigenvalue weighted by molar-refractivity contribution is 0.103. The summed E-state index contributed by atoms with van der Waals surface area (Å²) in [7, 11) is 3.60. The fraction of sp³-hybridized carbons (Fsp3) is 0.400. The molecule has 0 atom stereocenters. The first kappa shape index (κ1) is 18.0. The summed E-state index contributed by atoms with van der Waals surface area (Å²) >= 11 is 0. The van der Waals surface area contributed by atoms with Crippen LogP contribution >= 0.6 is 0 Å². The van der Waals surface area contributed by atoms with E-state index in [0.29, 0.717) is 16.8 Å². The molecule has 24 heavy (non-hydrogen) atoms. The van der Waals surface area contributed by atoms with E-state index >= 15 is 0 Å². The van der Waals surface area contributed by atoms with Gasteiger partial charge < -0.3 is 9.88 Å². The topological polar surface area (TPSA) is 53.2 Å². The first-order chi connectivity index (χ1) is 11.3. The molecule has 0 spiro atoms. The highest BCUT2D eigenvalue weighted by atomic mass is 16.1. The number of hydrogen-bond donors (Lipinski definition) is 1. The van der Waals surface area contributed by atoms with Gasteiger partial charge in [-0.2, -0.15) is 0 Å². The minimum Gasteiger partial charge on any atom is -0.373 e. The second-order valence-electron chi connectivity index (χ2n) is 6.63. The summed E-state index contributed by atoms with van der Waals surface area (Å²) in [5.41, 5.74) is 5.20. The largest absolute Gasteiger partial charge is 0.373 e. The first-order valence-electron chi connectivity index (χ1n) is 8.32. The summed E-state index contributed by atoms with van der Waals surface area (Å²) in [5.74, 6) is -0.0804. The standard InChI is InChI=1S/C20H26N2O2/c1-7-8-16-14(4)21-20(24)18(22(5)6)17(16)19(23)15-10-12(2)9-13(3)11-15/h9-11H,7-8H2,1-6H3,(H,21,24). The van der Waals surface area contributed by atoms with Crippen LogP contribution in [-0.2, 0) is 6.42 Å². The summed E-state index contributed by atoms with van der Waals surface area (Å²) < 4.78 is 0. The molecular formula is C20H26N2O2. The Morgan fingerprint density at radius 2 is 1.67 bits per heavy atom. The molecule has 0 fully saturated rings. The molecule has 1 aromatic heterocycles. The number of rotatable bonds is 5. The first-order valence-corrected chi connectivity index (χ1v) is 8.32. The number of nitrogens with one attached hydrogen (secondary N) is 1. The predicted octanol–water partition coefficient (Wildman–Crippen LogP) is 3.55. The van der Waals surface area contributed by atoms with E-state index in [1.54, 1.807) is 19.0 Å². The van der Waals surface area contributed by atoms with E-state index in [4.69, 9.17) is 0 Å². The normalized spacial score (nSPS) is 10.8. The number of benzene rings is 1. The summed E-state index contributed by atoms with van der Waals surface area (Å²) in [6.45, 7) is 7.90. The van der Waals surface area contributed by atoms with Gasteiger partial charge in [-0.1, -0.05) is 30.5 Å². The number of aromatic amines is 1. The molecule has 0 radical (unpaired) electrons. The molecule has 0 saturated heterocycles. The van der Waals surface area contributed by atoms with Crippen molar-refractivity contribution in [3.63, 3.8) is 0 Å². The lowest BCUT2D eigenvalue weighted by Crippen LogP contribution is -2.27. The Hall–Kier alpha value is -2.36. The molecular weight excluding hydrogens is 300 g/mol. The average Bonchev–Trinajstić information content (AvgIpc) is 2.47. The van der Waals surface area contributed by atoms with E-state index in [1.807, 2.05) is 39.0 Å². The zero-order valence-corrected chi connectivity index (χ0v) is 15.4. The molecule has 2 aromatic rings. The fourth-order valence-corrected chi connectivity index (χ4v) is 3.23. The van der Waals surface area contributed by atoms with Crippen molar-refractivity contribution in [2.45, 2.75) is 40.5 Å². The third-order valence-electron chi connectivity index (χ3n) is 4.17. The predicted molar refractivity (Wildman–Crippen MR) is 99.5 cm³/mol. The molecule has 0 aliphatic heterocycles. The maximum Gasteiger partial charge on any atom is 0.272 e. The third kappa shape index (κ3) is 3.42. The van der Waals surface area contributed by atoms with E-state index < -0.39 is 0 Å². The zero-order chi connectivity index (χ0) is 18.0. The molecule has 2 rings (SSSR count). The van der Waals surface area contributed by atoms with Gasteiger partial charge in [0, 0.05) is 25.4 Å². The van der Waals surface area contributed by atoms with Crippen LogP contribution in [0.3, 0.4) is 0 Å². The number of carbonyl (C=O) groups is 1. The monoisotopic (exact) mass is 326 g/mol. The molecule has 0 bridgehead atoms. The van der Waals surface area contributed by atoms with Gasteiger partial charge in [-0.15, -0.1) is 0 Å². The number of aryl methyl sites for hydroxylation is 3. The molecule has 1 heterocycles. The second-order valence-corrected chi connectivity index (χ2v) is 6.63. The van der Waals surface area contributed by atoms with Crippen molar-refractivity contribution in [2.24, 2.45) is 0 Å². The molecule has 4 nitrogen and oxygen atoms in total. The number of anilines is 1. The third-order valence-corrected chi connectivity index (χ3v) is 4.17. The summed E-state index contributed by atoms with van der Waals surface area (Å²) in [5, 5.41) is 0. The summed E-state index contributed by atoms with van der Waals surface area (Å²) in [6.07, 6.45) is 1.67. The molecule has 0 aliphatic rings. The molecule has 1 N–H and O–H groups in total. The molecule has 0 amide bonds. The Bertz CT molecular complexity index is 812. The van der Waals surface area contributed by atoms with Crippen molar-refractivity contribution in [2.75, 3.05) is 19.0 Å². The van der Waals surface area contributed by atoms with Crippen LogP contribution in [0.2, 0.25) is 0 Å². The number of nitrogens with zero attached hydrogens (tertiary/aromatic N) is 1. The van der Waals surface area contributed by atoms with Crippen LogP contribution in [0.5, 0.6) is 0 Å². The number of ketones is 1. The van der Waals surface area contributed by atoms with Crippen LogP contribution in [0.15, 0.2) is 23.0 Å². The highest BCUT2D eigenvalue weighted by Crippen LogP contribution is 2.26. The van der Waals surface area contributed by atoms with Crippen molar-refractivity contribution in [3.8, 4) is 0 Å². The highest BCUT2D eigenvalue weighted by Gasteiger charge is 2.24. The SMILES string of the molecule is CCCc1c(C)[nH]c(=O)c(N(C)C)c1C(=O)c1cc(C)cc(C)c1. The highest BCUT2D eigenvalue weighted by molar-refractivity contribution is 6.13. The maximum atomic E-state index is 13.3. The molecule has 0 unspecified atom stereocenters. The molecule has 0 aliphatic carbocycles. The number of aromatic nitrogens is 1. The van der Waals surface area contributed by atoms with Gasteiger partial charge in [-0.3, -0.25) is 9.59 Å². The van der Waals surface area contributed by atoms with Crippen LogP contribution in [0.1, 0.15) is 51.7 Å². The van der Waals surface area contributed by atoms with Gasteiger partial charge in [-0.05, 0) is 44.9 Å². The fourth-order valence-electron chi connectivity index (χ4n) is 3.23. The average molecular weight is 326 g/mol. The Morgan fingerprint density at radius 3 is 2.17 bits per heavy atom. The number of H-pyrrole nitrogens is 1. The van der Waals surface area contributed by atoms with Crippen LogP contribution < -0.4 is 10.5 Å². The molecule has 4 heteroatoms. The van der Waals surface area contributed by atoms with Gasteiger partial charge in [0.15, 0.2) is 5.78 Å². The van der Waals surface area contributed by atoms with Crippen molar-refractivity contribution in [3.05, 3.63) is 62.1 Å². The van der Waals surface area contributed by atoms with Gasteiger partial charge in [-0.25, -0.2) is 0 Å². The van der Waals surface area contributed by atoms with Crippen LogP contribution in [0.25, 0.3) is 0 Å². The summed E-state index contributed by atoms with van der Waals surface area (Å²) in [6, 6.07) is 5.82. The van der Waals surface area contributed by atoms with E-state index in [1.165, 1.54) is 0 Å². The Labute approximate surface area is 143 Å². The second kappa shape index (κ2) is 7.04. The molecule has 0 saturated carbocycles. The van der Waals surface area contributed by atoms with Crippen molar-refractivity contribution >= 4 is 11.5 Å². The van der Waals surface area contributed by atoms with Crippen LogP contribution in [0.4, 0.5) is 5.69 Å². The number of hydrogen-bond acceptors (Lipinski definition) is 3. The van der Waals surface area contributed by atoms with Gasteiger partial charge in [0.1, 0.15) is 5.69 Å². The van der Waals surface area contributed by atoms with E-state index in [0.717, 1.165) is 35.2 Å². The van der Waals surface area contributed by atoms with Gasteiger partial charge >= 0.3 is 0 Å². The lowest BCUT2D eigenvalue weighted by atomic mass is 9.92. The zero-order valence-electron chi connectivity index (χ0n) is 15.4. The Morgan fingerprint density at radius 1 is 1.08 bits per heavy atom. The van der Waals surface area contributed by atoms with Gasteiger partial charge in [0.25, 0.3) is 5.56 Å². The Balaban J connectivity index is 2.79. The van der Waals surface area contributed by atoms with Crippen LogP contribution in [-0.4, -0.2) is 24.9 Å². The number of carbonyl (C=O) groups excluding carboxylic acids is 1. The van der Waals surface area contributed by atoms with E-state index in [2.05, 4.69) is 11.9 Å². The van der Waals surface area contributed by atoms with Crippen molar-refractivity contribution in [1.29, 1.82) is 0 Å². The quantitative estimate of drug-likeness (QED) is 0.855. The van der Waals surface area contributed by atoms with Crippen molar-refractivity contribution in [1.82, 2.24) is 4.98 Å². The molecule has 1 aromatic carbocycles. The minimum absolute atomic E-state index is 0.0804.